The van der Waals surface area contributed by atoms with Crippen molar-refractivity contribution >= 4 is 34.5 Å². The number of benzene rings is 2. The lowest BCUT2D eigenvalue weighted by Crippen LogP contribution is -2.42. The van der Waals surface area contributed by atoms with Crippen molar-refractivity contribution in [2.75, 3.05) is 0 Å². The molecule has 6 nitrogen and oxygen atoms in total. The van der Waals surface area contributed by atoms with Crippen molar-refractivity contribution in [1.29, 1.82) is 0 Å². The normalized spacial score (nSPS) is 11.9. The van der Waals surface area contributed by atoms with Crippen molar-refractivity contribution in [3.8, 4) is 0 Å². The first-order chi connectivity index (χ1) is 12.0. The molecular weight excluding hydrogens is 342 g/mol. The molecule has 0 radical (unpaired) electrons. The fraction of sp³-hybridized carbons (Fsp3) is 0.111. The van der Waals surface area contributed by atoms with Gasteiger partial charge in [-0.2, -0.15) is 0 Å². The van der Waals surface area contributed by atoms with Gasteiger partial charge in [-0.25, -0.2) is 9.78 Å². The minimum absolute atomic E-state index is 0.0342. The fourth-order valence-electron chi connectivity index (χ4n) is 2.35. The van der Waals surface area contributed by atoms with Crippen LogP contribution in [0, 0.1) is 0 Å². The number of fused-ring (bicyclic) bond motifs is 1. The number of carbonyl (C=O) groups excluding carboxylic acids is 1. The van der Waals surface area contributed by atoms with Gasteiger partial charge in [0.25, 0.3) is 5.91 Å². The molecule has 126 valence electrons. The highest BCUT2D eigenvalue weighted by atomic mass is 35.5. The maximum atomic E-state index is 12.2. The van der Waals surface area contributed by atoms with Crippen LogP contribution in [0.3, 0.4) is 0 Å². The zero-order chi connectivity index (χ0) is 17.8. The van der Waals surface area contributed by atoms with Crippen molar-refractivity contribution in [2.45, 2.75) is 12.5 Å². The van der Waals surface area contributed by atoms with Gasteiger partial charge in [-0.05, 0) is 36.4 Å². The Labute approximate surface area is 148 Å². The summed E-state index contributed by atoms with van der Waals surface area (Å²) in [5.41, 5.74) is 2.22. The fourth-order valence-corrected chi connectivity index (χ4v) is 2.47. The second-order valence-electron chi connectivity index (χ2n) is 5.43. The molecule has 0 aliphatic heterocycles. The molecule has 0 unspecified atom stereocenters. The lowest BCUT2D eigenvalue weighted by atomic mass is 10.1. The summed E-state index contributed by atoms with van der Waals surface area (Å²) < 4.78 is 0. The molecule has 0 aliphatic rings. The molecule has 25 heavy (non-hydrogen) atoms. The van der Waals surface area contributed by atoms with Crippen LogP contribution in [0.4, 0.5) is 0 Å². The summed E-state index contributed by atoms with van der Waals surface area (Å²) in [6, 6.07) is 12.4. The van der Waals surface area contributed by atoms with E-state index in [0.717, 1.165) is 5.52 Å². The van der Waals surface area contributed by atoms with Gasteiger partial charge in [0.2, 0.25) is 0 Å². The van der Waals surface area contributed by atoms with E-state index in [2.05, 4.69) is 15.3 Å². The summed E-state index contributed by atoms with van der Waals surface area (Å²) in [4.78, 5) is 32.4. The zero-order valence-electron chi connectivity index (χ0n) is 13.0. The number of aliphatic carboxylic acids is 1. The lowest BCUT2D eigenvalue weighted by molar-refractivity contribution is -0.139. The van der Waals surface area contributed by atoms with E-state index in [1.165, 1.54) is 18.3 Å². The van der Waals surface area contributed by atoms with E-state index in [-0.39, 0.29) is 6.42 Å². The molecule has 0 spiro atoms. The molecule has 1 heterocycles. The number of amides is 1. The number of rotatable bonds is 5. The van der Waals surface area contributed by atoms with E-state index >= 15 is 0 Å². The predicted octanol–water partition coefficient (Wildman–Crippen LogP) is 2.71. The van der Waals surface area contributed by atoms with Crippen LogP contribution < -0.4 is 5.32 Å². The number of aromatic nitrogens is 2. The molecule has 3 rings (SSSR count). The first kappa shape index (κ1) is 16.9. The van der Waals surface area contributed by atoms with Crippen LogP contribution in [0.5, 0.6) is 0 Å². The number of carboxylic acid groups (broad SMARTS) is 1. The monoisotopic (exact) mass is 355 g/mol. The van der Waals surface area contributed by atoms with Gasteiger partial charge in [0, 0.05) is 23.2 Å². The van der Waals surface area contributed by atoms with E-state index in [1.807, 2.05) is 18.2 Å². The number of hydrogen-bond acceptors (Lipinski definition) is 4. The summed E-state index contributed by atoms with van der Waals surface area (Å²) in [5, 5.41) is 12.4. The molecule has 0 saturated heterocycles. The maximum absolute atomic E-state index is 12.2. The number of carbonyl (C=O) groups is 2. The third-order valence-electron chi connectivity index (χ3n) is 3.62. The van der Waals surface area contributed by atoms with Crippen molar-refractivity contribution in [3.63, 3.8) is 0 Å². The van der Waals surface area contributed by atoms with E-state index in [9.17, 15) is 14.7 Å². The molecule has 7 heteroatoms. The van der Waals surface area contributed by atoms with Crippen LogP contribution >= 0.6 is 11.6 Å². The summed E-state index contributed by atoms with van der Waals surface area (Å²) >= 11 is 5.79. The largest absolute Gasteiger partial charge is 0.480 e. The molecule has 2 aromatic carbocycles. The molecular formula is C18H14ClN3O3. The van der Waals surface area contributed by atoms with E-state index in [0.29, 0.717) is 21.8 Å². The van der Waals surface area contributed by atoms with Crippen LogP contribution in [0.25, 0.3) is 11.0 Å². The Hall–Kier alpha value is -2.99. The maximum Gasteiger partial charge on any atom is 0.326 e. The van der Waals surface area contributed by atoms with Gasteiger partial charge in [0.15, 0.2) is 0 Å². The molecule has 2 N–H and O–H groups in total. The highest BCUT2D eigenvalue weighted by molar-refractivity contribution is 6.30. The number of nitrogens with zero attached hydrogens (tertiary/aromatic N) is 2. The average molecular weight is 356 g/mol. The smallest absolute Gasteiger partial charge is 0.326 e. The van der Waals surface area contributed by atoms with Crippen LogP contribution in [-0.4, -0.2) is 33.0 Å². The molecule has 0 fully saturated rings. The van der Waals surface area contributed by atoms with E-state index in [4.69, 9.17) is 11.6 Å². The van der Waals surface area contributed by atoms with E-state index < -0.39 is 17.9 Å². The zero-order valence-corrected chi connectivity index (χ0v) is 13.8. The van der Waals surface area contributed by atoms with Crippen molar-refractivity contribution in [2.24, 2.45) is 0 Å². The van der Waals surface area contributed by atoms with Gasteiger partial charge in [-0.15, -0.1) is 0 Å². The van der Waals surface area contributed by atoms with Crippen molar-refractivity contribution < 1.29 is 14.7 Å². The molecule has 1 atom stereocenters. The van der Waals surface area contributed by atoms with Crippen LogP contribution in [-0.2, 0) is 11.2 Å². The molecule has 0 saturated carbocycles. The number of carboxylic acids is 1. The highest BCUT2D eigenvalue weighted by Gasteiger charge is 2.22. The Morgan fingerprint density at radius 2 is 1.76 bits per heavy atom. The molecule has 1 amide bonds. The molecule has 3 aromatic rings. The SMILES string of the molecule is O=C(N[C@H](Cc1cnc2ccccc2n1)C(=O)O)c1ccc(Cl)cc1. The first-order valence-electron chi connectivity index (χ1n) is 7.53. The summed E-state index contributed by atoms with van der Waals surface area (Å²) in [5.74, 6) is -1.63. The van der Waals surface area contributed by atoms with Gasteiger partial charge < -0.3 is 10.4 Å². The third kappa shape index (κ3) is 4.10. The Kier molecular flexibility index (Phi) is 4.90. The van der Waals surface area contributed by atoms with Gasteiger partial charge in [0.1, 0.15) is 6.04 Å². The topological polar surface area (TPSA) is 92.2 Å². The Bertz CT molecular complexity index is 928. The number of nitrogens with one attached hydrogen (secondary N) is 1. The summed E-state index contributed by atoms with van der Waals surface area (Å²) in [6.45, 7) is 0. The second-order valence-corrected chi connectivity index (χ2v) is 5.86. The summed E-state index contributed by atoms with van der Waals surface area (Å²) in [6.07, 6.45) is 1.55. The third-order valence-corrected chi connectivity index (χ3v) is 3.87. The molecule has 1 aromatic heterocycles. The Morgan fingerprint density at radius 1 is 1.08 bits per heavy atom. The van der Waals surface area contributed by atoms with Crippen molar-refractivity contribution in [1.82, 2.24) is 15.3 Å². The average Bonchev–Trinajstić information content (AvgIpc) is 2.61. The second kappa shape index (κ2) is 7.27. The summed E-state index contributed by atoms with van der Waals surface area (Å²) in [7, 11) is 0. The van der Waals surface area contributed by atoms with Crippen LogP contribution in [0.15, 0.2) is 54.7 Å². The molecule has 0 bridgehead atoms. The van der Waals surface area contributed by atoms with Gasteiger partial charge in [0.05, 0.1) is 16.7 Å². The van der Waals surface area contributed by atoms with Gasteiger partial charge >= 0.3 is 5.97 Å². The number of para-hydroxylation sites is 2. The number of hydrogen-bond donors (Lipinski definition) is 2. The standard InChI is InChI=1S/C18H14ClN3O3/c19-12-7-5-11(6-8-12)17(23)22-16(18(24)25)9-13-10-20-14-3-1-2-4-15(14)21-13/h1-8,10,16H,9H2,(H,22,23)(H,24,25)/t16-/m1/s1. The van der Waals surface area contributed by atoms with Crippen molar-refractivity contribution in [3.05, 3.63) is 71.0 Å². The van der Waals surface area contributed by atoms with Crippen LogP contribution in [0.1, 0.15) is 16.1 Å². The number of halogens is 1. The minimum Gasteiger partial charge on any atom is -0.480 e. The lowest BCUT2D eigenvalue weighted by Gasteiger charge is -2.14. The highest BCUT2D eigenvalue weighted by Crippen LogP contribution is 2.12. The van der Waals surface area contributed by atoms with E-state index in [1.54, 1.807) is 18.2 Å². The minimum atomic E-state index is -1.14. The van der Waals surface area contributed by atoms with Gasteiger partial charge in [-0.3, -0.25) is 9.78 Å². The Morgan fingerprint density at radius 3 is 2.44 bits per heavy atom. The first-order valence-corrected chi connectivity index (χ1v) is 7.90. The predicted molar refractivity (Wildman–Crippen MR) is 93.6 cm³/mol. The van der Waals surface area contributed by atoms with Crippen LogP contribution in [0.2, 0.25) is 5.02 Å². The quantitative estimate of drug-likeness (QED) is 0.734. The Balaban J connectivity index is 1.77. The molecule has 0 aliphatic carbocycles. The van der Waals surface area contributed by atoms with Gasteiger partial charge in [-0.1, -0.05) is 23.7 Å².